The fourth-order valence-electron chi connectivity index (χ4n) is 5.45. The van der Waals surface area contributed by atoms with Gasteiger partial charge >= 0.3 is 15.2 Å². The minimum Gasteiger partial charge on any atom is -0.387 e. The molecule has 4 aromatic rings. The fraction of sp³-hybridized carbons (Fsp3) is 0.545. The van der Waals surface area contributed by atoms with Crippen LogP contribution in [0.15, 0.2) is 25.3 Å². The molecule has 7 rings (SSSR count). The Morgan fingerprint density at radius 3 is 1.52 bits per heavy atom. The first kappa shape index (κ1) is 31.4. The molecule has 10 atom stereocenters. The Morgan fingerprint density at radius 1 is 0.696 bits per heavy atom. The molecular weight excluding hydrogens is 658 g/mol. The van der Waals surface area contributed by atoms with Crippen LogP contribution in [0.3, 0.4) is 0 Å². The number of hydrogen-bond acceptors (Lipinski definition) is 18. The van der Waals surface area contributed by atoms with Crippen LogP contribution in [0.1, 0.15) is 12.5 Å². The summed E-state index contributed by atoms with van der Waals surface area (Å²) in [4.78, 5) is 45.7. The molecule has 3 fully saturated rings. The van der Waals surface area contributed by atoms with E-state index in [4.69, 9.17) is 39.5 Å². The summed E-state index contributed by atoms with van der Waals surface area (Å²) in [6.07, 6.45) is -7.65. The van der Waals surface area contributed by atoms with Crippen molar-refractivity contribution in [2.45, 2.75) is 49.1 Å². The third kappa shape index (κ3) is 5.65. The van der Waals surface area contributed by atoms with Gasteiger partial charge in [-0.3, -0.25) is 18.3 Å². The van der Waals surface area contributed by atoms with E-state index in [0.29, 0.717) is 0 Å². The molecule has 0 amide bonds. The number of nitrogens with zero attached hydrogens (tertiary/aromatic N) is 8. The molecule has 0 saturated carbocycles. The molecule has 24 heteroatoms. The molecule has 0 spiro atoms. The van der Waals surface area contributed by atoms with E-state index >= 15 is 0 Å². The molecule has 4 bridgehead atoms. The monoisotopic (exact) mass is 686 g/mol. The second kappa shape index (κ2) is 11.8. The number of aromatic nitrogens is 8. The van der Waals surface area contributed by atoms with E-state index in [9.17, 15) is 29.1 Å². The Kier molecular flexibility index (Phi) is 8.03. The smallest absolute Gasteiger partial charge is 0.353 e. The summed E-state index contributed by atoms with van der Waals surface area (Å²) < 4.78 is 62.7. The van der Waals surface area contributed by atoms with Gasteiger partial charge in [0.1, 0.15) is 73.0 Å². The summed E-state index contributed by atoms with van der Waals surface area (Å²) in [7, 11) is -9.14. The van der Waals surface area contributed by atoms with Crippen molar-refractivity contribution in [1.82, 2.24) is 39.0 Å². The zero-order chi connectivity index (χ0) is 32.4. The van der Waals surface area contributed by atoms with Gasteiger partial charge in [-0.15, -0.1) is 0 Å². The topological polar surface area (TPSA) is 310 Å². The van der Waals surface area contributed by atoms with Crippen LogP contribution in [-0.2, 0) is 37.1 Å². The number of fused-ring (bicyclic) bond motifs is 6. The number of ether oxygens (including phenoxy) is 4. The van der Waals surface area contributed by atoms with Crippen molar-refractivity contribution >= 4 is 49.2 Å². The van der Waals surface area contributed by atoms with E-state index in [0.717, 1.165) is 0 Å². The molecule has 0 aromatic carbocycles. The predicted octanol–water partition coefficient (Wildman–Crippen LogP) is -1.55. The Morgan fingerprint density at radius 2 is 1.11 bits per heavy atom. The highest BCUT2D eigenvalue weighted by Gasteiger charge is 2.50. The first-order chi connectivity index (χ1) is 21.9. The Bertz CT molecular complexity index is 1730. The van der Waals surface area contributed by atoms with Crippen LogP contribution in [0.25, 0.3) is 22.3 Å². The molecule has 7 heterocycles. The highest BCUT2D eigenvalue weighted by atomic mass is 31.2. The number of rotatable bonds is 2. The second-order valence-corrected chi connectivity index (χ2v) is 14.2. The zero-order valence-corrected chi connectivity index (χ0v) is 25.2. The zero-order valence-electron chi connectivity index (χ0n) is 23.4. The number of hydrogen-bond donors (Lipinski definition) is 6. The van der Waals surface area contributed by atoms with Gasteiger partial charge in [0.25, 0.3) is 0 Å². The SMILES string of the molecule is Nc1ncnc2c1ncn2[C@@H]1O[C@H]2COP(=O)(O)CO[C@H]3[C@H](O)[C@@H](COP(=O)(O)CO[C@H]1[C@@H]2O)O[C@H]3n1cnc2c(N)ncnc21. The molecule has 46 heavy (non-hydrogen) atoms. The Labute approximate surface area is 257 Å². The standard InChI is InChI=1S/C22H28N10O12P2/c23-17-11-19(27-3-25-17)31(5-29-11)21-15-13(33)9(43-21)1-41-45(35,36)7-39-16-14(34)10(2-42-46(37,38)8-40-15)44-22(16)32-6-30-12-18(24)26-4-28-20(12)32/h3-6,9-10,13-16,21-22,33-34H,1-2,7-8H2,(H,35,36)(H,37,38)(H2,23,25,27)(H2,24,26,28)/t9-,10+,13-,14-,15+,16+,21-,22-/m1/s1. The van der Waals surface area contributed by atoms with Gasteiger partial charge in [-0.2, -0.15) is 0 Å². The number of nitrogens with two attached hydrogens (primary N) is 2. The number of nitrogen functional groups attached to an aromatic ring is 2. The van der Waals surface area contributed by atoms with Crippen LogP contribution in [0, 0.1) is 0 Å². The van der Waals surface area contributed by atoms with E-state index in [1.54, 1.807) is 0 Å². The van der Waals surface area contributed by atoms with Crippen LogP contribution in [0.4, 0.5) is 11.6 Å². The summed E-state index contributed by atoms with van der Waals surface area (Å²) in [5.41, 5.74) is 12.6. The summed E-state index contributed by atoms with van der Waals surface area (Å²) in [5.74, 6) is 0.137. The summed E-state index contributed by atoms with van der Waals surface area (Å²) in [5, 5.41) is 22.2. The number of aliphatic hydroxyl groups is 2. The minimum absolute atomic E-state index is 0.0687. The van der Waals surface area contributed by atoms with Crippen molar-refractivity contribution < 1.29 is 57.1 Å². The molecular formula is C22H28N10O12P2. The maximum absolute atomic E-state index is 13.1. The normalized spacial score (nSPS) is 37.7. The van der Waals surface area contributed by atoms with Gasteiger partial charge in [-0.05, 0) is 0 Å². The van der Waals surface area contributed by atoms with E-state index in [2.05, 4.69) is 29.9 Å². The molecule has 4 aromatic heterocycles. The highest BCUT2D eigenvalue weighted by Crippen LogP contribution is 2.48. The maximum atomic E-state index is 13.1. The molecule has 0 radical (unpaired) electrons. The lowest BCUT2D eigenvalue weighted by Gasteiger charge is -2.24. The molecule has 2 unspecified atom stereocenters. The molecule has 3 aliphatic rings. The van der Waals surface area contributed by atoms with Crippen molar-refractivity contribution in [2.24, 2.45) is 0 Å². The van der Waals surface area contributed by atoms with Crippen molar-refractivity contribution in [1.29, 1.82) is 0 Å². The van der Waals surface area contributed by atoms with Gasteiger partial charge in [0.15, 0.2) is 35.4 Å². The van der Waals surface area contributed by atoms with Crippen LogP contribution in [0.2, 0.25) is 0 Å². The van der Waals surface area contributed by atoms with E-state index < -0.39 is 90.2 Å². The van der Waals surface area contributed by atoms with Crippen molar-refractivity contribution in [3.8, 4) is 0 Å². The lowest BCUT2D eigenvalue weighted by Crippen LogP contribution is -2.37. The molecule has 0 aliphatic carbocycles. The van der Waals surface area contributed by atoms with E-state index in [1.807, 2.05) is 0 Å². The summed E-state index contributed by atoms with van der Waals surface area (Å²) >= 11 is 0. The van der Waals surface area contributed by atoms with Crippen LogP contribution < -0.4 is 11.5 Å². The van der Waals surface area contributed by atoms with E-state index in [1.165, 1.54) is 34.4 Å². The van der Waals surface area contributed by atoms with Gasteiger partial charge in [-0.1, -0.05) is 0 Å². The molecule has 248 valence electrons. The Balaban J connectivity index is 1.18. The third-order valence-electron chi connectivity index (χ3n) is 7.69. The van der Waals surface area contributed by atoms with Crippen LogP contribution in [-0.4, -0.2) is 122 Å². The van der Waals surface area contributed by atoms with Crippen LogP contribution in [0.5, 0.6) is 0 Å². The first-order valence-corrected chi connectivity index (χ1v) is 17.1. The number of anilines is 2. The van der Waals surface area contributed by atoms with Crippen molar-refractivity contribution in [3.63, 3.8) is 0 Å². The molecule has 3 saturated heterocycles. The third-order valence-corrected chi connectivity index (χ3v) is 9.75. The summed E-state index contributed by atoms with van der Waals surface area (Å²) in [6.45, 7) is -1.27. The average molecular weight is 686 g/mol. The van der Waals surface area contributed by atoms with Crippen LogP contribution >= 0.6 is 15.2 Å². The summed E-state index contributed by atoms with van der Waals surface area (Å²) in [6, 6.07) is 0. The highest BCUT2D eigenvalue weighted by molar-refractivity contribution is 7.52. The predicted molar refractivity (Wildman–Crippen MR) is 150 cm³/mol. The fourth-order valence-corrected chi connectivity index (χ4v) is 7.08. The second-order valence-electron chi connectivity index (χ2n) is 10.7. The van der Waals surface area contributed by atoms with E-state index in [-0.39, 0.29) is 34.0 Å². The molecule has 22 nitrogen and oxygen atoms in total. The number of aliphatic hydroxyl groups excluding tert-OH is 2. The molecule has 3 aliphatic heterocycles. The van der Waals surface area contributed by atoms with Crippen molar-refractivity contribution in [2.75, 3.05) is 37.4 Å². The lowest BCUT2D eigenvalue weighted by molar-refractivity contribution is -0.0711. The van der Waals surface area contributed by atoms with Gasteiger partial charge in [0.2, 0.25) is 0 Å². The Hall–Kier alpha value is -3.24. The van der Waals surface area contributed by atoms with Gasteiger partial charge in [0.05, 0.1) is 25.9 Å². The van der Waals surface area contributed by atoms with Gasteiger partial charge < -0.3 is 59.5 Å². The van der Waals surface area contributed by atoms with Gasteiger partial charge in [0, 0.05) is 0 Å². The average Bonchev–Trinajstić information content (AvgIpc) is 3.77. The first-order valence-electron chi connectivity index (χ1n) is 13.6. The number of imidazole rings is 2. The lowest BCUT2D eigenvalue weighted by atomic mass is 10.1. The van der Waals surface area contributed by atoms with Crippen molar-refractivity contribution in [3.05, 3.63) is 25.3 Å². The largest absolute Gasteiger partial charge is 0.387 e. The van der Waals surface area contributed by atoms with Gasteiger partial charge in [-0.25, -0.2) is 29.9 Å². The quantitative estimate of drug-likeness (QED) is 0.130. The molecule has 8 N–H and O–H groups in total. The maximum Gasteiger partial charge on any atom is 0.353 e. The minimum atomic E-state index is -4.57.